The molecular weight excluding hydrogens is 486 g/mol. The number of hydrogen-bond donors (Lipinski definition) is 1. The SMILES string of the molecule is CNC(=O)c1cccc2cc(Oc3ccnc4cc(OCC5(CC(=O)N=[N+]=[N-])CC5)c(OC)cc34)ccc12. The van der Waals surface area contributed by atoms with Gasteiger partial charge in [0.2, 0.25) is 5.91 Å². The summed E-state index contributed by atoms with van der Waals surface area (Å²) in [5.41, 5.74) is 9.41. The number of pyridine rings is 1. The van der Waals surface area contributed by atoms with Crippen LogP contribution in [0.2, 0.25) is 0 Å². The number of azide groups is 1. The topological polar surface area (TPSA) is 136 Å². The van der Waals surface area contributed by atoms with Crippen LogP contribution in [0.25, 0.3) is 32.1 Å². The molecule has 38 heavy (non-hydrogen) atoms. The first-order chi connectivity index (χ1) is 18.4. The van der Waals surface area contributed by atoms with Crippen molar-refractivity contribution in [2.75, 3.05) is 20.8 Å². The highest BCUT2D eigenvalue weighted by Crippen LogP contribution is 2.50. The first-order valence-electron chi connectivity index (χ1n) is 12.1. The maximum atomic E-state index is 12.2. The zero-order valence-corrected chi connectivity index (χ0v) is 20.9. The lowest BCUT2D eigenvalue weighted by Crippen LogP contribution is -2.17. The minimum atomic E-state index is -0.485. The minimum Gasteiger partial charge on any atom is -0.493 e. The Balaban J connectivity index is 1.41. The van der Waals surface area contributed by atoms with E-state index < -0.39 is 5.91 Å². The Morgan fingerprint density at radius 3 is 2.66 bits per heavy atom. The molecule has 3 aromatic carbocycles. The van der Waals surface area contributed by atoms with Crippen molar-refractivity contribution < 1.29 is 23.8 Å². The fourth-order valence-corrected chi connectivity index (χ4v) is 4.46. The van der Waals surface area contributed by atoms with Crippen LogP contribution in [-0.4, -0.2) is 37.6 Å². The standard InChI is InChI=1S/C28H25N5O5/c1-30-27(35)20-5-3-4-17-12-18(6-7-19(17)20)38-23-8-11-31-22-14-25(24(36-2)13-21(22)23)37-16-28(9-10-28)15-26(34)32-33-29/h3-8,11-14H,9-10,15-16H2,1-2H3,(H,30,35). The van der Waals surface area contributed by atoms with Gasteiger partial charge in [0.05, 0.1) is 19.2 Å². The summed E-state index contributed by atoms with van der Waals surface area (Å²) in [6, 6.07) is 16.5. The lowest BCUT2D eigenvalue weighted by atomic mass is 10.0. The number of methoxy groups -OCH3 is 1. The highest BCUT2D eigenvalue weighted by atomic mass is 16.5. The largest absolute Gasteiger partial charge is 0.493 e. The molecule has 0 atom stereocenters. The second-order valence-corrected chi connectivity index (χ2v) is 9.25. The molecule has 1 aromatic heterocycles. The van der Waals surface area contributed by atoms with Gasteiger partial charge in [-0.1, -0.05) is 12.1 Å². The molecule has 192 valence electrons. The van der Waals surface area contributed by atoms with Crippen LogP contribution in [-0.2, 0) is 4.79 Å². The van der Waals surface area contributed by atoms with Crippen LogP contribution >= 0.6 is 0 Å². The summed E-state index contributed by atoms with van der Waals surface area (Å²) in [7, 11) is 3.16. The van der Waals surface area contributed by atoms with Crippen molar-refractivity contribution in [1.82, 2.24) is 10.3 Å². The normalized spacial score (nSPS) is 13.4. The lowest BCUT2D eigenvalue weighted by Gasteiger charge is -2.17. The fraction of sp³-hybridized carbons (Fsp3) is 0.250. The third-order valence-electron chi connectivity index (χ3n) is 6.71. The maximum absolute atomic E-state index is 12.2. The molecule has 4 aromatic rings. The summed E-state index contributed by atoms with van der Waals surface area (Å²) < 4.78 is 17.9. The van der Waals surface area contributed by atoms with Crippen LogP contribution in [0.15, 0.2) is 65.9 Å². The zero-order chi connectivity index (χ0) is 26.7. The molecule has 1 aliphatic rings. The molecule has 1 aliphatic carbocycles. The number of carbonyl (C=O) groups excluding carboxylic acids is 2. The number of nitrogens with zero attached hydrogens (tertiary/aromatic N) is 4. The van der Waals surface area contributed by atoms with Gasteiger partial charge in [-0.25, -0.2) is 0 Å². The molecule has 1 heterocycles. The number of rotatable bonds is 9. The molecule has 0 saturated heterocycles. The molecule has 1 fully saturated rings. The zero-order valence-electron chi connectivity index (χ0n) is 20.9. The van der Waals surface area contributed by atoms with Gasteiger partial charge in [0, 0.05) is 47.0 Å². The van der Waals surface area contributed by atoms with E-state index in [2.05, 4.69) is 20.3 Å². The second-order valence-electron chi connectivity index (χ2n) is 9.25. The van der Waals surface area contributed by atoms with Gasteiger partial charge in [-0.15, -0.1) is 0 Å². The number of amides is 2. The lowest BCUT2D eigenvalue weighted by molar-refractivity contribution is -0.119. The number of fused-ring (bicyclic) bond motifs is 2. The molecule has 10 heteroatoms. The molecule has 5 rings (SSSR count). The molecule has 1 N–H and O–H groups in total. The maximum Gasteiger partial charge on any atom is 0.251 e. The number of hydrogen-bond acceptors (Lipinski definition) is 6. The van der Waals surface area contributed by atoms with Crippen molar-refractivity contribution in [2.24, 2.45) is 10.5 Å². The Kier molecular flexibility index (Phi) is 6.72. The first-order valence-corrected chi connectivity index (χ1v) is 12.1. The Labute approximate surface area is 218 Å². The van der Waals surface area contributed by atoms with Crippen molar-refractivity contribution in [3.8, 4) is 23.0 Å². The smallest absolute Gasteiger partial charge is 0.251 e. The summed E-state index contributed by atoms with van der Waals surface area (Å²) in [5.74, 6) is 1.56. The van der Waals surface area contributed by atoms with E-state index in [-0.39, 0.29) is 17.7 Å². The van der Waals surface area contributed by atoms with E-state index in [1.165, 1.54) is 0 Å². The highest BCUT2D eigenvalue weighted by molar-refractivity contribution is 6.07. The van der Waals surface area contributed by atoms with Gasteiger partial charge >= 0.3 is 0 Å². The summed E-state index contributed by atoms with van der Waals surface area (Å²) in [4.78, 5) is 31.0. The monoisotopic (exact) mass is 511 g/mol. The van der Waals surface area contributed by atoms with Crippen molar-refractivity contribution in [3.05, 3.63) is 76.8 Å². The van der Waals surface area contributed by atoms with Gasteiger partial charge < -0.3 is 19.5 Å². The summed E-state index contributed by atoms with van der Waals surface area (Å²) in [6.45, 7) is 0.298. The van der Waals surface area contributed by atoms with Crippen LogP contribution in [0, 0.1) is 5.41 Å². The summed E-state index contributed by atoms with van der Waals surface area (Å²) in [5, 5.41) is 8.28. The van der Waals surface area contributed by atoms with Crippen LogP contribution in [0.1, 0.15) is 29.6 Å². The average Bonchev–Trinajstić information content (AvgIpc) is 3.69. The van der Waals surface area contributed by atoms with Gasteiger partial charge in [-0.3, -0.25) is 14.6 Å². The molecule has 1 saturated carbocycles. The van der Waals surface area contributed by atoms with Crippen LogP contribution < -0.4 is 19.5 Å². The molecule has 0 bridgehead atoms. The quantitative estimate of drug-likeness (QED) is 0.168. The van der Waals surface area contributed by atoms with Gasteiger partial charge in [0.1, 0.15) is 11.5 Å². The molecule has 0 spiro atoms. The molecule has 2 amide bonds. The third kappa shape index (κ3) is 5.02. The predicted octanol–water partition coefficient (Wildman–Crippen LogP) is 5.93. The van der Waals surface area contributed by atoms with E-state index in [1.54, 1.807) is 38.6 Å². The molecule has 0 unspecified atom stereocenters. The summed E-state index contributed by atoms with van der Waals surface area (Å²) in [6.07, 6.45) is 3.45. The Morgan fingerprint density at radius 2 is 1.92 bits per heavy atom. The van der Waals surface area contributed by atoms with Crippen LogP contribution in [0.5, 0.6) is 23.0 Å². The van der Waals surface area contributed by atoms with E-state index >= 15 is 0 Å². The average molecular weight is 512 g/mol. The number of carbonyl (C=O) groups is 2. The van der Waals surface area contributed by atoms with Gasteiger partial charge in [-0.05, 0) is 70.7 Å². The fourth-order valence-electron chi connectivity index (χ4n) is 4.46. The minimum absolute atomic E-state index is 0.149. The molecule has 0 radical (unpaired) electrons. The van der Waals surface area contributed by atoms with Crippen molar-refractivity contribution in [2.45, 2.75) is 19.3 Å². The first kappa shape index (κ1) is 24.9. The predicted molar refractivity (Wildman–Crippen MR) is 142 cm³/mol. The van der Waals surface area contributed by atoms with E-state index in [0.717, 1.165) is 29.0 Å². The van der Waals surface area contributed by atoms with E-state index in [0.29, 0.717) is 40.7 Å². The van der Waals surface area contributed by atoms with Gasteiger partial charge in [0.25, 0.3) is 5.91 Å². The van der Waals surface area contributed by atoms with Crippen molar-refractivity contribution in [3.63, 3.8) is 0 Å². The highest BCUT2D eigenvalue weighted by Gasteiger charge is 2.45. The second kappa shape index (κ2) is 10.3. The van der Waals surface area contributed by atoms with Crippen LogP contribution in [0.3, 0.4) is 0 Å². The van der Waals surface area contributed by atoms with E-state index in [4.69, 9.17) is 19.7 Å². The number of benzene rings is 3. The Bertz CT molecular complexity index is 1610. The van der Waals surface area contributed by atoms with Gasteiger partial charge in [0.15, 0.2) is 11.5 Å². The number of nitrogens with one attached hydrogen (secondary N) is 1. The molecular formula is C28H25N5O5. The van der Waals surface area contributed by atoms with Crippen molar-refractivity contribution >= 4 is 33.5 Å². The summed E-state index contributed by atoms with van der Waals surface area (Å²) >= 11 is 0. The van der Waals surface area contributed by atoms with E-state index in [1.807, 2.05) is 36.4 Å². The number of ether oxygens (including phenoxy) is 3. The third-order valence-corrected chi connectivity index (χ3v) is 6.71. The Hall–Kier alpha value is -4.82. The van der Waals surface area contributed by atoms with E-state index in [9.17, 15) is 9.59 Å². The van der Waals surface area contributed by atoms with Gasteiger partial charge in [-0.2, -0.15) is 0 Å². The van der Waals surface area contributed by atoms with Crippen LogP contribution in [0.4, 0.5) is 0 Å². The van der Waals surface area contributed by atoms with Crippen molar-refractivity contribution in [1.29, 1.82) is 0 Å². The molecule has 0 aliphatic heterocycles. The number of aromatic nitrogens is 1. The Morgan fingerprint density at radius 1 is 1.08 bits per heavy atom. The molecule has 10 nitrogen and oxygen atoms in total.